The molecule has 19 heavy (non-hydrogen) atoms. The molecule has 1 atom stereocenters. The number of anilines is 1. The minimum absolute atomic E-state index is 0.0447. The van der Waals surface area contributed by atoms with Gasteiger partial charge in [0.05, 0.1) is 17.4 Å². The van der Waals surface area contributed by atoms with Crippen molar-refractivity contribution in [3.63, 3.8) is 0 Å². The zero-order valence-corrected chi connectivity index (χ0v) is 11.7. The van der Waals surface area contributed by atoms with Crippen LogP contribution in [-0.2, 0) is 4.74 Å². The topological polar surface area (TPSA) is 88.1 Å². The second-order valence-electron chi connectivity index (χ2n) is 5.00. The molecule has 0 aliphatic carbocycles. The van der Waals surface area contributed by atoms with E-state index in [1.807, 2.05) is 20.8 Å². The van der Waals surface area contributed by atoms with E-state index in [4.69, 9.17) is 15.9 Å². The van der Waals surface area contributed by atoms with Gasteiger partial charge in [-0.2, -0.15) is 5.10 Å². The maximum atomic E-state index is 7.79. The Morgan fingerprint density at radius 1 is 1.42 bits per heavy atom. The fourth-order valence-electron chi connectivity index (χ4n) is 2.33. The molecule has 2 rings (SSSR count). The van der Waals surface area contributed by atoms with E-state index in [9.17, 15) is 0 Å². The second kappa shape index (κ2) is 5.52. The van der Waals surface area contributed by atoms with Crippen LogP contribution in [-0.4, -0.2) is 41.8 Å². The molecule has 0 amide bonds. The summed E-state index contributed by atoms with van der Waals surface area (Å²) in [5, 5.41) is 16.2. The molecule has 3 N–H and O–H groups in total. The number of hydrogen-bond donors (Lipinski definition) is 2. The Morgan fingerprint density at radius 3 is 2.84 bits per heavy atom. The van der Waals surface area contributed by atoms with Gasteiger partial charge in [-0.3, -0.25) is 5.41 Å². The highest BCUT2D eigenvalue weighted by Crippen LogP contribution is 2.23. The smallest absolute Gasteiger partial charge is 0.162 e. The van der Waals surface area contributed by atoms with Gasteiger partial charge in [-0.1, -0.05) is 0 Å². The number of nitrogens with two attached hydrogens (primary N) is 1. The van der Waals surface area contributed by atoms with Gasteiger partial charge in [0.2, 0.25) is 0 Å². The van der Waals surface area contributed by atoms with Gasteiger partial charge < -0.3 is 15.4 Å². The Hall–Kier alpha value is -1.69. The fourth-order valence-corrected chi connectivity index (χ4v) is 2.33. The van der Waals surface area contributed by atoms with Gasteiger partial charge in [-0.05, 0) is 32.8 Å². The zero-order chi connectivity index (χ0) is 14.0. The quantitative estimate of drug-likeness (QED) is 0.613. The zero-order valence-electron chi connectivity index (χ0n) is 11.7. The third-order valence-electron chi connectivity index (χ3n) is 3.46. The van der Waals surface area contributed by atoms with Crippen molar-refractivity contribution in [3.8, 4) is 0 Å². The van der Waals surface area contributed by atoms with Gasteiger partial charge in [0, 0.05) is 19.7 Å². The molecule has 1 aromatic heterocycles. The summed E-state index contributed by atoms with van der Waals surface area (Å²) in [7, 11) is 0. The van der Waals surface area contributed by atoms with Crippen molar-refractivity contribution in [2.75, 3.05) is 24.6 Å². The van der Waals surface area contributed by atoms with Crippen LogP contribution in [0.2, 0.25) is 0 Å². The highest BCUT2D eigenvalue weighted by atomic mass is 16.5. The van der Waals surface area contributed by atoms with Gasteiger partial charge in [0.15, 0.2) is 5.82 Å². The standard InChI is InChI=1S/C13H21N5O/c1-8-7-18(5-4-6-19-8)13-11(12(14)15)9(2)10(3)16-17-13/h8H,4-7H2,1-3H3,(H3,14,15). The van der Waals surface area contributed by atoms with Crippen LogP contribution in [0.5, 0.6) is 0 Å². The molecule has 6 nitrogen and oxygen atoms in total. The molecule has 0 aromatic carbocycles. The maximum Gasteiger partial charge on any atom is 0.162 e. The molecular formula is C13H21N5O. The number of hydrogen-bond acceptors (Lipinski definition) is 5. The molecule has 1 fully saturated rings. The predicted molar refractivity (Wildman–Crippen MR) is 74.8 cm³/mol. The molecule has 1 aliphatic heterocycles. The Balaban J connectivity index is 2.43. The van der Waals surface area contributed by atoms with E-state index in [2.05, 4.69) is 15.1 Å². The lowest BCUT2D eigenvalue weighted by atomic mass is 10.1. The molecule has 1 aromatic rings. The molecule has 104 valence electrons. The first-order chi connectivity index (χ1) is 9.00. The van der Waals surface area contributed by atoms with Crippen molar-refractivity contribution in [2.45, 2.75) is 33.3 Å². The van der Waals surface area contributed by atoms with E-state index in [0.717, 1.165) is 37.4 Å². The first-order valence-electron chi connectivity index (χ1n) is 6.55. The average molecular weight is 263 g/mol. The molecule has 0 bridgehead atoms. The number of aryl methyl sites for hydroxylation is 1. The number of rotatable bonds is 2. The minimum atomic E-state index is 0.0447. The summed E-state index contributed by atoms with van der Waals surface area (Å²) < 4.78 is 5.63. The van der Waals surface area contributed by atoms with Crippen molar-refractivity contribution in [1.82, 2.24) is 10.2 Å². The van der Waals surface area contributed by atoms with E-state index >= 15 is 0 Å². The summed E-state index contributed by atoms with van der Waals surface area (Å²) >= 11 is 0. The van der Waals surface area contributed by atoms with E-state index in [0.29, 0.717) is 11.4 Å². The first-order valence-corrected chi connectivity index (χ1v) is 6.55. The highest BCUT2D eigenvalue weighted by molar-refractivity contribution is 6.01. The van der Waals surface area contributed by atoms with Crippen LogP contribution in [0.4, 0.5) is 5.82 Å². The highest BCUT2D eigenvalue weighted by Gasteiger charge is 2.22. The Bertz CT molecular complexity index is 488. The van der Waals surface area contributed by atoms with Gasteiger partial charge in [0.1, 0.15) is 5.84 Å². The van der Waals surface area contributed by atoms with Crippen LogP contribution in [0.15, 0.2) is 0 Å². The lowest BCUT2D eigenvalue weighted by Crippen LogP contribution is -2.33. The summed E-state index contributed by atoms with van der Waals surface area (Å²) in [6.07, 6.45) is 1.08. The summed E-state index contributed by atoms with van der Waals surface area (Å²) in [6, 6.07) is 0. The van der Waals surface area contributed by atoms with Crippen molar-refractivity contribution in [2.24, 2.45) is 5.73 Å². The fraction of sp³-hybridized carbons (Fsp3) is 0.615. The lowest BCUT2D eigenvalue weighted by molar-refractivity contribution is 0.0820. The van der Waals surface area contributed by atoms with Crippen LogP contribution < -0.4 is 10.6 Å². The van der Waals surface area contributed by atoms with E-state index in [-0.39, 0.29) is 11.9 Å². The number of aromatic nitrogens is 2. The van der Waals surface area contributed by atoms with Crippen LogP contribution in [0.1, 0.15) is 30.2 Å². The molecule has 1 aliphatic rings. The second-order valence-corrected chi connectivity index (χ2v) is 5.00. The lowest BCUT2D eigenvalue weighted by Gasteiger charge is -2.25. The number of nitrogens with zero attached hydrogens (tertiary/aromatic N) is 3. The summed E-state index contributed by atoms with van der Waals surface area (Å²) in [5.74, 6) is 0.747. The van der Waals surface area contributed by atoms with Gasteiger partial charge in [-0.15, -0.1) is 5.10 Å². The number of amidine groups is 1. The summed E-state index contributed by atoms with van der Waals surface area (Å²) in [6.45, 7) is 8.21. The van der Waals surface area contributed by atoms with Gasteiger partial charge >= 0.3 is 0 Å². The molecular weight excluding hydrogens is 242 g/mol. The maximum absolute atomic E-state index is 7.79. The normalized spacial score (nSPS) is 20.2. The summed E-state index contributed by atoms with van der Waals surface area (Å²) in [5.41, 5.74) is 8.16. The largest absolute Gasteiger partial charge is 0.384 e. The minimum Gasteiger partial charge on any atom is -0.384 e. The van der Waals surface area contributed by atoms with E-state index in [1.54, 1.807) is 0 Å². The molecule has 1 saturated heterocycles. The average Bonchev–Trinajstić information content (AvgIpc) is 2.56. The Kier molecular flexibility index (Phi) is 3.99. The molecule has 6 heteroatoms. The Labute approximate surface area is 113 Å². The molecule has 0 saturated carbocycles. The number of nitrogens with one attached hydrogen (secondary N) is 1. The summed E-state index contributed by atoms with van der Waals surface area (Å²) in [4.78, 5) is 2.12. The van der Waals surface area contributed by atoms with Crippen LogP contribution >= 0.6 is 0 Å². The van der Waals surface area contributed by atoms with Crippen molar-refractivity contribution < 1.29 is 4.74 Å². The SMILES string of the molecule is Cc1nnc(N2CCCOC(C)C2)c(C(=N)N)c1C. The van der Waals surface area contributed by atoms with Gasteiger partial charge in [-0.25, -0.2) is 0 Å². The third-order valence-corrected chi connectivity index (χ3v) is 3.46. The number of ether oxygens (including phenoxy) is 1. The van der Waals surface area contributed by atoms with Crippen molar-refractivity contribution >= 4 is 11.7 Å². The van der Waals surface area contributed by atoms with Crippen LogP contribution in [0.25, 0.3) is 0 Å². The number of nitrogen functional groups attached to an aromatic ring is 1. The molecule has 0 spiro atoms. The van der Waals surface area contributed by atoms with Crippen LogP contribution in [0, 0.1) is 19.3 Å². The monoisotopic (exact) mass is 263 g/mol. The third kappa shape index (κ3) is 2.84. The van der Waals surface area contributed by atoms with Crippen molar-refractivity contribution in [1.29, 1.82) is 5.41 Å². The van der Waals surface area contributed by atoms with Crippen LogP contribution in [0.3, 0.4) is 0 Å². The van der Waals surface area contributed by atoms with E-state index in [1.165, 1.54) is 0 Å². The van der Waals surface area contributed by atoms with Crippen molar-refractivity contribution in [3.05, 3.63) is 16.8 Å². The predicted octanol–water partition coefficient (Wildman–Crippen LogP) is 0.993. The van der Waals surface area contributed by atoms with Gasteiger partial charge in [0.25, 0.3) is 0 Å². The first kappa shape index (κ1) is 13.7. The molecule has 0 radical (unpaired) electrons. The van der Waals surface area contributed by atoms with E-state index < -0.39 is 0 Å². The molecule has 2 heterocycles. The molecule has 1 unspecified atom stereocenters. The Morgan fingerprint density at radius 2 is 2.16 bits per heavy atom.